The maximum atomic E-state index is 4.89. The highest BCUT2D eigenvalue weighted by atomic mass is 127. The van der Waals surface area contributed by atoms with E-state index >= 15 is 0 Å². The average Bonchev–Trinajstić information content (AvgIpc) is 3.31. The molecular weight excluding hydrogens is 419 g/mol. The second kappa shape index (κ2) is 9.70. The van der Waals surface area contributed by atoms with Crippen molar-refractivity contribution in [2.75, 3.05) is 37.7 Å². The Hall–Kier alpha value is 0.310. The molecule has 0 bridgehead atoms. The van der Waals surface area contributed by atoms with Gasteiger partial charge in [0.1, 0.15) is 0 Å². The standard InChI is InChI=1S/C17H32N4S.HI/c1-3-18-17(19-10-14-6-8-22-9-7-14)20-16-12-21(11-13(16)2)15-4-5-15;/h13-16H,3-12H2,1-2H3,(H2,18,19,20);1H. The van der Waals surface area contributed by atoms with Crippen LogP contribution < -0.4 is 10.6 Å². The van der Waals surface area contributed by atoms with Crippen LogP contribution in [0, 0.1) is 11.8 Å². The Kier molecular flexibility index (Phi) is 8.28. The summed E-state index contributed by atoms with van der Waals surface area (Å²) >= 11 is 2.09. The molecule has 23 heavy (non-hydrogen) atoms. The monoisotopic (exact) mass is 452 g/mol. The van der Waals surface area contributed by atoms with Gasteiger partial charge >= 0.3 is 0 Å². The fraction of sp³-hybridized carbons (Fsp3) is 0.941. The van der Waals surface area contributed by atoms with Gasteiger partial charge in [-0.05, 0) is 55.9 Å². The van der Waals surface area contributed by atoms with Crippen molar-refractivity contribution in [1.82, 2.24) is 15.5 Å². The van der Waals surface area contributed by atoms with Crippen LogP contribution in [0.5, 0.6) is 0 Å². The molecular formula is C17H33IN4S. The zero-order chi connectivity index (χ0) is 15.4. The summed E-state index contributed by atoms with van der Waals surface area (Å²) in [6.45, 7) is 8.91. The molecule has 3 rings (SSSR count). The lowest BCUT2D eigenvalue weighted by Gasteiger charge is -2.22. The number of nitrogens with one attached hydrogen (secondary N) is 2. The second-order valence-electron chi connectivity index (χ2n) is 7.19. The third-order valence-corrected chi connectivity index (χ3v) is 6.27. The highest BCUT2D eigenvalue weighted by Crippen LogP contribution is 2.31. The van der Waals surface area contributed by atoms with E-state index in [4.69, 9.17) is 4.99 Å². The topological polar surface area (TPSA) is 39.7 Å². The van der Waals surface area contributed by atoms with Crippen LogP contribution in [-0.4, -0.2) is 60.6 Å². The molecule has 4 nitrogen and oxygen atoms in total. The van der Waals surface area contributed by atoms with Crippen molar-refractivity contribution in [2.45, 2.75) is 51.6 Å². The summed E-state index contributed by atoms with van der Waals surface area (Å²) in [6.07, 6.45) is 5.49. The molecule has 1 saturated carbocycles. The lowest BCUT2D eigenvalue weighted by Crippen LogP contribution is -2.46. The molecule has 2 aliphatic heterocycles. The van der Waals surface area contributed by atoms with E-state index in [1.807, 2.05) is 0 Å². The minimum atomic E-state index is 0. The van der Waals surface area contributed by atoms with Gasteiger partial charge in [-0.1, -0.05) is 6.92 Å². The first-order chi connectivity index (χ1) is 10.8. The highest BCUT2D eigenvalue weighted by Gasteiger charge is 2.38. The Bertz CT molecular complexity index is 383. The summed E-state index contributed by atoms with van der Waals surface area (Å²) in [5, 5.41) is 7.16. The number of thioether (sulfide) groups is 1. The molecule has 6 heteroatoms. The van der Waals surface area contributed by atoms with Crippen LogP contribution >= 0.6 is 35.7 Å². The quantitative estimate of drug-likeness (QED) is 0.383. The Morgan fingerprint density at radius 2 is 1.91 bits per heavy atom. The third-order valence-electron chi connectivity index (χ3n) is 5.22. The molecule has 2 N–H and O–H groups in total. The maximum Gasteiger partial charge on any atom is 0.191 e. The van der Waals surface area contributed by atoms with Crippen LogP contribution in [0.1, 0.15) is 39.5 Å². The van der Waals surface area contributed by atoms with E-state index in [1.54, 1.807) is 0 Å². The molecule has 0 aromatic carbocycles. The van der Waals surface area contributed by atoms with Crippen molar-refractivity contribution in [3.8, 4) is 0 Å². The molecule has 3 aliphatic rings. The van der Waals surface area contributed by atoms with E-state index in [9.17, 15) is 0 Å². The molecule has 3 fully saturated rings. The molecule has 2 unspecified atom stereocenters. The second-order valence-corrected chi connectivity index (χ2v) is 8.41. The molecule has 0 spiro atoms. The first kappa shape index (κ1) is 19.6. The largest absolute Gasteiger partial charge is 0.357 e. The summed E-state index contributed by atoms with van der Waals surface area (Å²) in [7, 11) is 0. The fourth-order valence-corrected chi connectivity index (χ4v) is 4.78. The van der Waals surface area contributed by atoms with Gasteiger partial charge in [-0.15, -0.1) is 24.0 Å². The number of halogens is 1. The predicted molar refractivity (Wildman–Crippen MR) is 112 cm³/mol. The van der Waals surface area contributed by atoms with Gasteiger partial charge in [-0.25, -0.2) is 0 Å². The van der Waals surface area contributed by atoms with Crippen LogP contribution in [-0.2, 0) is 0 Å². The van der Waals surface area contributed by atoms with Crippen LogP contribution in [0.3, 0.4) is 0 Å². The van der Waals surface area contributed by atoms with E-state index in [0.717, 1.165) is 36.9 Å². The Labute approximate surface area is 163 Å². The average molecular weight is 452 g/mol. The van der Waals surface area contributed by atoms with Gasteiger partial charge < -0.3 is 10.6 Å². The van der Waals surface area contributed by atoms with Gasteiger partial charge in [-0.2, -0.15) is 11.8 Å². The molecule has 134 valence electrons. The number of rotatable bonds is 5. The first-order valence-corrected chi connectivity index (χ1v) is 10.3. The molecule has 2 saturated heterocycles. The summed E-state index contributed by atoms with van der Waals surface area (Å²) in [5.41, 5.74) is 0. The summed E-state index contributed by atoms with van der Waals surface area (Å²) in [6, 6.07) is 1.44. The van der Waals surface area contributed by atoms with Gasteiger partial charge in [0.2, 0.25) is 0 Å². The normalized spacial score (nSPS) is 30.1. The molecule has 2 atom stereocenters. The van der Waals surface area contributed by atoms with E-state index in [0.29, 0.717) is 6.04 Å². The number of guanidine groups is 1. The lowest BCUT2D eigenvalue weighted by atomic mass is 10.0. The van der Waals surface area contributed by atoms with E-state index in [1.165, 1.54) is 50.3 Å². The smallest absolute Gasteiger partial charge is 0.191 e. The zero-order valence-electron chi connectivity index (χ0n) is 14.6. The van der Waals surface area contributed by atoms with Gasteiger partial charge in [-0.3, -0.25) is 9.89 Å². The summed E-state index contributed by atoms with van der Waals surface area (Å²) < 4.78 is 0. The maximum absolute atomic E-state index is 4.89. The molecule has 1 aliphatic carbocycles. The van der Waals surface area contributed by atoms with Crippen molar-refractivity contribution >= 4 is 41.7 Å². The zero-order valence-corrected chi connectivity index (χ0v) is 17.7. The van der Waals surface area contributed by atoms with Gasteiger partial charge in [0.25, 0.3) is 0 Å². The molecule has 2 heterocycles. The molecule has 0 aromatic rings. The van der Waals surface area contributed by atoms with Crippen LogP contribution in [0.4, 0.5) is 0 Å². The first-order valence-electron chi connectivity index (χ1n) is 9.13. The third kappa shape index (κ3) is 5.96. The summed E-state index contributed by atoms with van der Waals surface area (Å²) in [4.78, 5) is 7.56. The number of nitrogens with zero attached hydrogens (tertiary/aromatic N) is 2. The minimum absolute atomic E-state index is 0. The SMILES string of the molecule is CCNC(=NCC1CCSCC1)NC1CN(C2CC2)CC1C.I. The molecule has 0 amide bonds. The van der Waals surface area contributed by atoms with Crippen LogP contribution in [0.25, 0.3) is 0 Å². The van der Waals surface area contributed by atoms with Crippen LogP contribution in [0.2, 0.25) is 0 Å². The fourth-order valence-electron chi connectivity index (χ4n) is 3.57. The predicted octanol–water partition coefficient (Wildman–Crippen LogP) is 2.79. The van der Waals surface area contributed by atoms with Gasteiger partial charge in [0, 0.05) is 38.3 Å². The van der Waals surface area contributed by atoms with Crippen LogP contribution in [0.15, 0.2) is 4.99 Å². The van der Waals surface area contributed by atoms with Gasteiger partial charge in [0.15, 0.2) is 5.96 Å². The van der Waals surface area contributed by atoms with E-state index < -0.39 is 0 Å². The van der Waals surface area contributed by atoms with Gasteiger partial charge in [0.05, 0.1) is 0 Å². The number of hydrogen-bond acceptors (Lipinski definition) is 3. The van der Waals surface area contributed by atoms with Crippen molar-refractivity contribution in [1.29, 1.82) is 0 Å². The highest BCUT2D eigenvalue weighted by molar-refractivity contribution is 14.0. The van der Waals surface area contributed by atoms with E-state index in [-0.39, 0.29) is 24.0 Å². The lowest BCUT2D eigenvalue weighted by molar-refractivity contribution is 0.315. The Morgan fingerprint density at radius 3 is 2.57 bits per heavy atom. The number of likely N-dealkylation sites (tertiary alicyclic amines) is 1. The van der Waals surface area contributed by atoms with Crippen molar-refractivity contribution in [2.24, 2.45) is 16.8 Å². The van der Waals surface area contributed by atoms with Crippen molar-refractivity contribution in [3.05, 3.63) is 0 Å². The number of aliphatic imine (C=N–C) groups is 1. The Balaban J connectivity index is 0.00000192. The summed E-state index contributed by atoms with van der Waals surface area (Å²) in [5.74, 6) is 5.19. The molecule has 0 radical (unpaired) electrons. The number of hydrogen-bond donors (Lipinski definition) is 2. The minimum Gasteiger partial charge on any atom is -0.357 e. The van der Waals surface area contributed by atoms with Crippen molar-refractivity contribution < 1.29 is 0 Å². The Morgan fingerprint density at radius 1 is 1.17 bits per heavy atom. The van der Waals surface area contributed by atoms with Crippen molar-refractivity contribution in [3.63, 3.8) is 0 Å². The molecule has 0 aromatic heterocycles. The van der Waals surface area contributed by atoms with E-state index in [2.05, 4.69) is 41.1 Å².